The van der Waals surface area contributed by atoms with Crippen molar-refractivity contribution in [3.63, 3.8) is 0 Å². The van der Waals surface area contributed by atoms with Crippen molar-refractivity contribution in [3.8, 4) is 34.2 Å². The topological polar surface area (TPSA) is 38.7 Å². The van der Waals surface area contributed by atoms with Crippen molar-refractivity contribution in [2.45, 2.75) is 0 Å². The van der Waals surface area contributed by atoms with E-state index in [2.05, 4.69) is 30.3 Å². The Morgan fingerprint density at radius 1 is 0.531 bits per heavy atom. The van der Waals surface area contributed by atoms with Crippen LogP contribution in [0.15, 0.2) is 97.1 Å². The molecule has 0 radical (unpaired) electrons. The Kier molecular flexibility index (Phi) is 4.67. The van der Waals surface area contributed by atoms with Gasteiger partial charge in [0, 0.05) is 32.2 Å². The van der Waals surface area contributed by atoms with E-state index in [1.807, 2.05) is 66.7 Å². The molecule has 6 rings (SSSR count). The van der Waals surface area contributed by atoms with Crippen LogP contribution in [0.3, 0.4) is 0 Å². The molecule has 2 aromatic heterocycles. The Labute approximate surface area is 194 Å². The molecule has 3 nitrogen and oxygen atoms in total. The van der Waals surface area contributed by atoms with Crippen LogP contribution in [0.2, 0.25) is 5.02 Å². The van der Waals surface area contributed by atoms with E-state index in [1.165, 1.54) is 10.1 Å². The van der Waals surface area contributed by atoms with Crippen molar-refractivity contribution in [2.75, 3.05) is 0 Å². The van der Waals surface area contributed by atoms with Gasteiger partial charge < -0.3 is 0 Å². The van der Waals surface area contributed by atoms with Gasteiger partial charge in [-0.25, -0.2) is 15.0 Å². The van der Waals surface area contributed by atoms with Crippen LogP contribution >= 0.6 is 22.9 Å². The van der Waals surface area contributed by atoms with Crippen molar-refractivity contribution in [1.29, 1.82) is 0 Å². The predicted octanol–water partition coefficient (Wildman–Crippen LogP) is 7.89. The lowest BCUT2D eigenvalue weighted by molar-refractivity contribution is 1.07. The van der Waals surface area contributed by atoms with Gasteiger partial charge >= 0.3 is 0 Å². The van der Waals surface area contributed by atoms with E-state index in [0.29, 0.717) is 22.5 Å². The SMILES string of the molecule is Clc1c(-c2nc(-c3ccccc3)nc(-c3ccccc3)n2)ccc2c1sc1ccccc12. The van der Waals surface area contributed by atoms with E-state index >= 15 is 0 Å². The van der Waals surface area contributed by atoms with Gasteiger partial charge in [0.15, 0.2) is 17.5 Å². The number of hydrogen-bond donors (Lipinski definition) is 0. The molecule has 152 valence electrons. The summed E-state index contributed by atoms with van der Waals surface area (Å²) in [5.74, 6) is 1.82. The zero-order valence-corrected chi connectivity index (χ0v) is 18.4. The van der Waals surface area contributed by atoms with Gasteiger partial charge in [-0.2, -0.15) is 0 Å². The second-order valence-corrected chi connectivity index (χ2v) is 8.87. The summed E-state index contributed by atoms with van der Waals surface area (Å²) in [5.41, 5.74) is 2.68. The summed E-state index contributed by atoms with van der Waals surface area (Å²) in [7, 11) is 0. The minimum atomic E-state index is 0.571. The Hall–Kier alpha value is -3.60. The molecule has 0 spiro atoms. The minimum absolute atomic E-state index is 0.571. The number of rotatable bonds is 3. The van der Waals surface area contributed by atoms with Crippen LogP contribution in [0.4, 0.5) is 0 Å². The first-order valence-corrected chi connectivity index (χ1v) is 11.4. The third-order valence-corrected chi connectivity index (χ3v) is 7.14. The van der Waals surface area contributed by atoms with Crippen molar-refractivity contribution in [2.24, 2.45) is 0 Å². The van der Waals surface area contributed by atoms with Crippen LogP contribution in [0.1, 0.15) is 0 Å². The second kappa shape index (κ2) is 7.83. The smallest absolute Gasteiger partial charge is 0.165 e. The van der Waals surface area contributed by atoms with Crippen molar-refractivity contribution >= 4 is 43.1 Å². The van der Waals surface area contributed by atoms with Crippen LogP contribution in [0.25, 0.3) is 54.3 Å². The van der Waals surface area contributed by atoms with Gasteiger partial charge in [-0.1, -0.05) is 96.5 Å². The van der Waals surface area contributed by atoms with E-state index < -0.39 is 0 Å². The number of fused-ring (bicyclic) bond motifs is 3. The molecule has 6 aromatic rings. The fourth-order valence-electron chi connectivity index (χ4n) is 3.86. The molecule has 0 atom stereocenters. The number of nitrogens with zero attached hydrogens (tertiary/aromatic N) is 3. The molecular formula is C27H16ClN3S. The highest BCUT2D eigenvalue weighted by molar-refractivity contribution is 7.26. The Bertz CT molecular complexity index is 1520. The average Bonchev–Trinajstić information content (AvgIpc) is 3.25. The minimum Gasteiger partial charge on any atom is -0.208 e. The highest BCUT2D eigenvalue weighted by atomic mass is 35.5. The molecule has 0 N–H and O–H groups in total. The fourth-order valence-corrected chi connectivity index (χ4v) is 5.36. The quantitative estimate of drug-likeness (QED) is 0.275. The molecule has 0 amide bonds. The first-order valence-electron chi connectivity index (χ1n) is 10.2. The first kappa shape index (κ1) is 19.1. The van der Waals surface area contributed by atoms with Crippen molar-refractivity contribution < 1.29 is 0 Å². The van der Waals surface area contributed by atoms with Crippen LogP contribution in [-0.4, -0.2) is 15.0 Å². The molecule has 32 heavy (non-hydrogen) atoms. The summed E-state index contributed by atoms with van der Waals surface area (Å²) >= 11 is 8.65. The highest BCUT2D eigenvalue weighted by Crippen LogP contribution is 2.42. The van der Waals surface area contributed by atoms with Gasteiger partial charge in [0.2, 0.25) is 0 Å². The summed E-state index contributed by atoms with van der Waals surface area (Å²) in [6.45, 7) is 0. The fraction of sp³-hybridized carbons (Fsp3) is 0. The lowest BCUT2D eigenvalue weighted by atomic mass is 10.1. The zero-order valence-electron chi connectivity index (χ0n) is 16.9. The Morgan fingerprint density at radius 2 is 1.09 bits per heavy atom. The summed E-state index contributed by atoms with van der Waals surface area (Å²) in [6.07, 6.45) is 0. The van der Waals surface area contributed by atoms with E-state index in [4.69, 9.17) is 26.6 Å². The Balaban J connectivity index is 1.60. The van der Waals surface area contributed by atoms with Crippen LogP contribution in [0.5, 0.6) is 0 Å². The van der Waals surface area contributed by atoms with E-state index in [-0.39, 0.29) is 0 Å². The zero-order chi connectivity index (χ0) is 21.5. The molecule has 0 bridgehead atoms. The van der Waals surface area contributed by atoms with E-state index in [9.17, 15) is 0 Å². The van der Waals surface area contributed by atoms with Gasteiger partial charge in [-0.15, -0.1) is 11.3 Å². The van der Waals surface area contributed by atoms with Gasteiger partial charge in [0.25, 0.3) is 0 Å². The van der Waals surface area contributed by atoms with Crippen molar-refractivity contribution in [1.82, 2.24) is 15.0 Å². The lowest BCUT2D eigenvalue weighted by Gasteiger charge is -2.09. The van der Waals surface area contributed by atoms with Crippen LogP contribution in [0, 0.1) is 0 Å². The summed E-state index contributed by atoms with van der Waals surface area (Å²) in [4.78, 5) is 14.4. The van der Waals surface area contributed by atoms with Crippen LogP contribution in [-0.2, 0) is 0 Å². The largest absolute Gasteiger partial charge is 0.208 e. The maximum Gasteiger partial charge on any atom is 0.165 e. The molecule has 0 fully saturated rings. The molecule has 4 aromatic carbocycles. The molecule has 0 saturated heterocycles. The number of benzene rings is 4. The molecule has 0 aliphatic carbocycles. The maximum atomic E-state index is 6.95. The summed E-state index contributed by atoms with van der Waals surface area (Å²) < 4.78 is 2.26. The second-order valence-electron chi connectivity index (χ2n) is 7.44. The molecule has 5 heteroatoms. The van der Waals surface area contributed by atoms with Gasteiger partial charge in [-0.3, -0.25) is 0 Å². The predicted molar refractivity (Wildman–Crippen MR) is 134 cm³/mol. The van der Waals surface area contributed by atoms with E-state index in [1.54, 1.807) is 11.3 Å². The van der Waals surface area contributed by atoms with Gasteiger partial charge in [0.05, 0.1) is 9.72 Å². The number of aromatic nitrogens is 3. The number of hydrogen-bond acceptors (Lipinski definition) is 4. The molecule has 0 saturated carbocycles. The monoisotopic (exact) mass is 449 g/mol. The standard InChI is InChI=1S/C27H16ClN3S/c28-23-21(16-15-20-19-13-7-8-14-22(19)32-24(20)23)27-30-25(17-9-3-1-4-10-17)29-26(31-27)18-11-5-2-6-12-18/h1-16H. The third-order valence-electron chi connectivity index (χ3n) is 5.43. The number of thiophene rings is 1. The Morgan fingerprint density at radius 3 is 1.75 bits per heavy atom. The molecule has 0 aliphatic heterocycles. The van der Waals surface area contributed by atoms with Crippen LogP contribution < -0.4 is 0 Å². The lowest BCUT2D eigenvalue weighted by Crippen LogP contribution is -2.00. The first-order chi connectivity index (χ1) is 15.8. The molecule has 0 aliphatic rings. The number of halogens is 1. The molecular weight excluding hydrogens is 434 g/mol. The van der Waals surface area contributed by atoms with Gasteiger partial charge in [0.1, 0.15) is 0 Å². The molecule has 0 unspecified atom stereocenters. The summed E-state index contributed by atoms with van der Waals surface area (Å²) in [6, 6.07) is 32.4. The average molecular weight is 450 g/mol. The molecule has 2 heterocycles. The van der Waals surface area contributed by atoms with Gasteiger partial charge in [-0.05, 0) is 12.1 Å². The summed E-state index contributed by atoms with van der Waals surface area (Å²) in [5, 5.41) is 3.04. The normalized spacial score (nSPS) is 11.3. The van der Waals surface area contributed by atoms with E-state index in [0.717, 1.165) is 26.8 Å². The third kappa shape index (κ3) is 3.25. The maximum absolute atomic E-state index is 6.95. The highest BCUT2D eigenvalue weighted by Gasteiger charge is 2.17. The van der Waals surface area contributed by atoms with Crippen molar-refractivity contribution in [3.05, 3.63) is 102 Å².